The Hall–Kier alpha value is -2.57. The molecular formula is C14H13F2N3O2. The van der Waals surface area contributed by atoms with Crippen LogP contribution in [0.15, 0.2) is 24.4 Å². The smallest absolute Gasteiger partial charge is 0.278 e. The predicted octanol–water partition coefficient (Wildman–Crippen LogP) is 3.50. The molecule has 0 amide bonds. The number of pyridine rings is 1. The number of rotatable bonds is 4. The molecule has 1 N–H and O–H groups in total. The molecule has 0 fully saturated rings. The molecule has 0 aliphatic heterocycles. The highest BCUT2D eigenvalue weighted by atomic mass is 19.1. The van der Waals surface area contributed by atoms with E-state index in [2.05, 4.69) is 10.3 Å². The van der Waals surface area contributed by atoms with Crippen molar-refractivity contribution in [3.63, 3.8) is 0 Å². The average Bonchev–Trinajstić information content (AvgIpc) is 2.39. The number of aryl methyl sites for hydroxylation is 1. The fourth-order valence-electron chi connectivity index (χ4n) is 2.04. The molecule has 0 aliphatic rings. The van der Waals surface area contributed by atoms with Crippen molar-refractivity contribution in [2.45, 2.75) is 20.4 Å². The number of nitrogens with zero attached hydrogens (tertiary/aromatic N) is 2. The van der Waals surface area contributed by atoms with Gasteiger partial charge in [-0.2, -0.15) is 0 Å². The Morgan fingerprint density at radius 2 is 2.05 bits per heavy atom. The number of halogens is 2. The van der Waals surface area contributed by atoms with Crippen molar-refractivity contribution in [3.8, 4) is 0 Å². The maximum Gasteiger partial charge on any atom is 0.278 e. The van der Waals surface area contributed by atoms with Crippen molar-refractivity contribution >= 4 is 11.4 Å². The van der Waals surface area contributed by atoms with Crippen LogP contribution in [0.25, 0.3) is 0 Å². The number of aromatic nitrogens is 1. The lowest BCUT2D eigenvalue weighted by Crippen LogP contribution is -2.08. The maximum atomic E-state index is 13.5. The summed E-state index contributed by atoms with van der Waals surface area (Å²) >= 11 is 0. The number of benzene rings is 1. The summed E-state index contributed by atoms with van der Waals surface area (Å²) in [4.78, 5) is 14.7. The molecule has 0 atom stereocenters. The van der Waals surface area contributed by atoms with Gasteiger partial charge in [-0.15, -0.1) is 0 Å². The summed E-state index contributed by atoms with van der Waals surface area (Å²) in [5, 5.41) is 13.8. The van der Waals surface area contributed by atoms with Crippen LogP contribution < -0.4 is 5.32 Å². The molecule has 7 heteroatoms. The van der Waals surface area contributed by atoms with E-state index >= 15 is 0 Å². The molecule has 5 nitrogen and oxygen atoms in total. The highest BCUT2D eigenvalue weighted by Gasteiger charge is 2.18. The van der Waals surface area contributed by atoms with E-state index < -0.39 is 16.6 Å². The lowest BCUT2D eigenvalue weighted by Gasteiger charge is -2.10. The normalized spacial score (nSPS) is 10.5. The van der Waals surface area contributed by atoms with E-state index in [-0.39, 0.29) is 17.9 Å². The zero-order valence-corrected chi connectivity index (χ0v) is 11.5. The molecule has 1 aromatic carbocycles. The second-order valence-electron chi connectivity index (χ2n) is 4.60. The van der Waals surface area contributed by atoms with E-state index in [0.717, 1.165) is 12.1 Å². The average molecular weight is 293 g/mol. The Bertz CT molecular complexity index is 705. The van der Waals surface area contributed by atoms with Gasteiger partial charge in [0.2, 0.25) is 0 Å². The van der Waals surface area contributed by atoms with Crippen LogP contribution in [0.1, 0.15) is 16.8 Å². The van der Waals surface area contributed by atoms with E-state index in [1.54, 1.807) is 13.8 Å². The summed E-state index contributed by atoms with van der Waals surface area (Å²) < 4.78 is 26.3. The minimum atomic E-state index is -0.728. The molecule has 1 aromatic heterocycles. The van der Waals surface area contributed by atoms with Gasteiger partial charge in [0.1, 0.15) is 11.6 Å². The first kappa shape index (κ1) is 14.8. The fourth-order valence-corrected chi connectivity index (χ4v) is 2.04. The van der Waals surface area contributed by atoms with Crippen LogP contribution in [0.2, 0.25) is 0 Å². The summed E-state index contributed by atoms with van der Waals surface area (Å²) in [6.07, 6.45) is 1.41. The van der Waals surface area contributed by atoms with Gasteiger partial charge in [-0.3, -0.25) is 15.1 Å². The van der Waals surface area contributed by atoms with Gasteiger partial charge in [0.05, 0.1) is 28.4 Å². The van der Waals surface area contributed by atoms with Crippen LogP contribution in [-0.2, 0) is 6.54 Å². The third-order valence-electron chi connectivity index (χ3n) is 3.14. The van der Waals surface area contributed by atoms with E-state index in [0.29, 0.717) is 16.8 Å². The number of nitro groups is 1. The van der Waals surface area contributed by atoms with Crippen molar-refractivity contribution < 1.29 is 13.7 Å². The molecule has 0 unspecified atom stereocenters. The second kappa shape index (κ2) is 5.82. The first-order valence-corrected chi connectivity index (χ1v) is 6.18. The summed E-state index contributed by atoms with van der Waals surface area (Å²) in [7, 11) is 0. The minimum Gasteiger partial charge on any atom is -0.377 e. The van der Waals surface area contributed by atoms with Crippen molar-refractivity contribution in [2.75, 3.05) is 5.32 Å². The highest BCUT2D eigenvalue weighted by molar-refractivity contribution is 5.50. The van der Waals surface area contributed by atoms with E-state index in [9.17, 15) is 18.9 Å². The summed E-state index contributed by atoms with van der Waals surface area (Å²) in [5.41, 5.74) is 1.45. The molecule has 110 valence electrons. The Morgan fingerprint density at radius 1 is 1.33 bits per heavy atom. The van der Waals surface area contributed by atoms with Crippen molar-refractivity contribution in [2.24, 2.45) is 0 Å². The molecule has 2 rings (SSSR count). The van der Waals surface area contributed by atoms with Gasteiger partial charge < -0.3 is 5.32 Å². The molecule has 1 heterocycles. The van der Waals surface area contributed by atoms with E-state index in [4.69, 9.17) is 0 Å². The van der Waals surface area contributed by atoms with Crippen LogP contribution in [0.3, 0.4) is 0 Å². The monoisotopic (exact) mass is 293 g/mol. The Balaban J connectivity index is 2.24. The molecule has 2 aromatic rings. The Labute approximate surface area is 119 Å². The largest absolute Gasteiger partial charge is 0.377 e. The molecule has 0 saturated carbocycles. The molecule has 0 saturated heterocycles. The van der Waals surface area contributed by atoms with E-state index in [1.807, 2.05) is 0 Å². The third-order valence-corrected chi connectivity index (χ3v) is 3.14. The number of anilines is 1. The van der Waals surface area contributed by atoms with Gasteiger partial charge in [0.25, 0.3) is 5.69 Å². The van der Waals surface area contributed by atoms with Gasteiger partial charge >= 0.3 is 0 Å². The Morgan fingerprint density at radius 3 is 2.67 bits per heavy atom. The van der Waals surface area contributed by atoms with Gasteiger partial charge in [0.15, 0.2) is 0 Å². The third kappa shape index (κ3) is 3.13. The molecule has 0 spiro atoms. The van der Waals surface area contributed by atoms with Crippen molar-refractivity contribution in [1.82, 2.24) is 4.98 Å². The summed E-state index contributed by atoms with van der Waals surface area (Å²) in [6, 6.07) is 3.16. The first-order chi connectivity index (χ1) is 9.90. The molecule has 0 radical (unpaired) electrons. The predicted molar refractivity (Wildman–Crippen MR) is 74.1 cm³/mol. The van der Waals surface area contributed by atoms with Crippen LogP contribution in [-0.4, -0.2) is 9.91 Å². The van der Waals surface area contributed by atoms with E-state index in [1.165, 1.54) is 12.3 Å². The number of nitrogens with one attached hydrogen (secondary N) is 1. The standard InChI is InChI=1S/C14H13F2N3O2/c1-8-6-17-13(9(2)14(8)19(20)21)7-18-12-4-3-10(15)5-11(12)16/h3-6,18H,7H2,1-2H3. The van der Waals surface area contributed by atoms with Crippen LogP contribution in [0.5, 0.6) is 0 Å². The van der Waals surface area contributed by atoms with Crippen molar-refractivity contribution in [3.05, 3.63) is 63.0 Å². The molecule has 0 bridgehead atoms. The lowest BCUT2D eigenvalue weighted by atomic mass is 10.1. The van der Waals surface area contributed by atoms with Gasteiger partial charge in [-0.05, 0) is 26.0 Å². The van der Waals surface area contributed by atoms with Crippen LogP contribution >= 0.6 is 0 Å². The van der Waals surface area contributed by atoms with Crippen LogP contribution in [0, 0.1) is 35.6 Å². The number of hydrogen-bond donors (Lipinski definition) is 1. The van der Waals surface area contributed by atoms with Gasteiger partial charge in [0, 0.05) is 17.8 Å². The van der Waals surface area contributed by atoms with Crippen molar-refractivity contribution in [1.29, 1.82) is 0 Å². The zero-order chi connectivity index (χ0) is 15.6. The van der Waals surface area contributed by atoms with Crippen LogP contribution in [0.4, 0.5) is 20.2 Å². The highest BCUT2D eigenvalue weighted by Crippen LogP contribution is 2.25. The first-order valence-electron chi connectivity index (χ1n) is 6.18. The molecule has 21 heavy (non-hydrogen) atoms. The molecule has 0 aliphatic carbocycles. The Kier molecular flexibility index (Phi) is 4.11. The maximum absolute atomic E-state index is 13.5. The number of hydrogen-bond acceptors (Lipinski definition) is 4. The SMILES string of the molecule is Cc1cnc(CNc2ccc(F)cc2F)c(C)c1[N+](=O)[O-]. The summed E-state index contributed by atoms with van der Waals surface area (Å²) in [6.45, 7) is 3.31. The summed E-state index contributed by atoms with van der Waals surface area (Å²) in [5.74, 6) is -1.40. The quantitative estimate of drug-likeness (QED) is 0.692. The second-order valence-corrected chi connectivity index (χ2v) is 4.60. The zero-order valence-electron chi connectivity index (χ0n) is 11.5. The molecular weight excluding hydrogens is 280 g/mol. The van der Waals surface area contributed by atoms with Gasteiger partial charge in [-0.1, -0.05) is 0 Å². The fraction of sp³-hybridized carbons (Fsp3) is 0.214. The topological polar surface area (TPSA) is 68.1 Å². The van der Waals surface area contributed by atoms with Gasteiger partial charge in [-0.25, -0.2) is 8.78 Å². The lowest BCUT2D eigenvalue weighted by molar-refractivity contribution is -0.386. The minimum absolute atomic E-state index is 0.00128.